The van der Waals surface area contributed by atoms with Crippen molar-refractivity contribution in [3.8, 4) is 0 Å². The van der Waals surface area contributed by atoms with E-state index in [1.807, 2.05) is 0 Å². The summed E-state index contributed by atoms with van der Waals surface area (Å²) in [6, 6.07) is 1.91. The maximum Gasteiger partial charge on any atom is 0.145 e. The number of nitrogens with one attached hydrogen (secondary N) is 1. The second-order valence-corrected chi connectivity index (χ2v) is 4.09. The Labute approximate surface area is 101 Å². The van der Waals surface area contributed by atoms with E-state index >= 15 is 0 Å². The fraction of sp³-hybridized carbons (Fsp3) is 0.545. The van der Waals surface area contributed by atoms with Gasteiger partial charge in [-0.2, -0.15) is 0 Å². The van der Waals surface area contributed by atoms with Gasteiger partial charge >= 0.3 is 0 Å². The van der Waals surface area contributed by atoms with Crippen LogP contribution in [0.25, 0.3) is 0 Å². The predicted octanol–water partition coefficient (Wildman–Crippen LogP) is 2.54. The summed E-state index contributed by atoms with van der Waals surface area (Å²) in [5.74, 6) is 0.659. The number of aromatic nitrogens is 1. The van der Waals surface area contributed by atoms with Gasteiger partial charge in [0.2, 0.25) is 0 Å². The summed E-state index contributed by atoms with van der Waals surface area (Å²) in [7, 11) is 1.68. The number of nitrogens with zero attached hydrogens (tertiary/aromatic N) is 1. The summed E-state index contributed by atoms with van der Waals surface area (Å²) in [4.78, 5) is 4.16. The number of pyridine rings is 1. The van der Waals surface area contributed by atoms with Crippen LogP contribution in [0.15, 0.2) is 12.3 Å². The van der Waals surface area contributed by atoms with Crippen LogP contribution in [0.5, 0.6) is 0 Å². The first-order valence-electron chi connectivity index (χ1n) is 5.33. The molecule has 0 aliphatic rings. The van der Waals surface area contributed by atoms with Crippen molar-refractivity contribution in [2.45, 2.75) is 25.8 Å². The van der Waals surface area contributed by atoms with Gasteiger partial charge in [0.1, 0.15) is 5.82 Å². The van der Waals surface area contributed by atoms with Crippen molar-refractivity contribution >= 4 is 23.1 Å². The Hall–Kier alpha value is -1.00. The zero-order valence-electron chi connectivity index (χ0n) is 9.66. The van der Waals surface area contributed by atoms with Gasteiger partial charge < -0.3 is 15.8 Å². The Kier molecular flexibility index (Phi) is 5.35. The van der Waals surface area contributed by atoms with Crippen LogP contribution in [0.3, 0.4) is 0 Å². The zero-order chi connectivity index (χ0) is 12.0. The van der Waals surface area contributed by atoms with Crippen molar-refractivity contribution in [2.24, 2.45) is 0 Å². The molecule has 1 aromatic heterocycles. The van der Waals surface area contributed by atoms with E-state index in [4.69, 9.17) is 22.1 Å². The van der Waals surface area contributed by atoms with E-state index in [2.05, 4.69) is 17.2 Å². The number of nitrogens with two attached hydrogens (primary N) is 1. The molecule has 0 aromatic carbocycles. The second kappa shape index (κ2) is 6.55. The Morgan fingerprint density at radius 1 is 1.62 bits per heavy atom. The minimum absolute atomic E-state index is 0.226. The monoisotopic (exact) mass is 243 g/mol. The van der Waals surface area contributed by atoms with Crippen LogP contribution < -0.4 is 11.1 Å². The smallest absolute Gasteiger partial charge is 0.145 e. The highest BCUT2D eigenvalue weighted by Crippen LogP contribution is 2.22. The highest BCUT2D eigenvalue weighted by Gasteiger charge is 2.10. The number of methoxy groups -OCH3 is 1. The van der Waals surface area contributed by atoms with Gasteiger partial charge in [0.05, 0.1) is 29.6 Å². The van der Waals surface area contributed by atoms with Crippen molar-refractivity contribution in [3.05, 3.63) is 17.3 Å². The minimum Gasteiger partial charge on any atom is -0.397 e. The molecule has 1 rings (SSSR count). The average molecular weight is 244 g/mol. The van der Waals surface area contributed by atoms with Gasteiger partial charge in [-0.1, -0.05) is 24.9 Å². The van der Waals surface area contributed by atoms with Crippen LogP contribution in [-0.4, -0.2) is 24.7 Å². The van der Waals surface area contributed by atoms with E-state index in [0.717, 1.165) is 12.8 Å². The number of halogens is 1. The van der Waals surface area contributed by atoms with Crippen LogP contribution in [0.2, 0.25) is 5.02 Å². The summed E-state index contributed by atoms with van der Waals surface area (Å²) in [6.45, 7) is 2.76. The van der Waals surface area contributed by atoms with Crippen molar-refractivity contribution < 1.29 is 4.74 Å². The minimum atomic E-state index is 0.226. The lowest BCUT2D eigenvalue weighted by molar-refractivity contribution is 0.182. The van der Waals surface area contributed by atoms with Gasteiger partial charge in [-0.3, -0.25) is 0 Å². The zero-order valence-corrected chi connectivity index (χ0v) is 10.4. The van der Waals surface area contributed by atoms with Crippen molar-refractivity contribution in [1.29, 1.82) is 0 Å². The number of nitrogen functional groups attached to an aromatic ring is 1. The first kappa shape index (κ1) is 13.1. The largest absolute Gasteiger partial charge is 0.397 e. The van der Waals surface area contributed by atoms with Gasteiger partial charge in [0.25, 0.3) is 0 Å². The molecule has 1 unspecified atom stereocenters. The molecule has 1 atom stereocenters. The van der Waals surface area contributed by atoms with Gasteiger partial charge in [-0.25, -0.2) is 4.98 Å². The predicted molar refractivity (Wildman–Crippen MR) is 67.9 cm³/mol. The van der Waals surface area contributed by atoms with E-state index in [1.165, 1.54) is 0 Å². The maximum atomic E-state index is 6.03. The van der Waals surface area contributed by atoms with Gasteiger partial charge in [-0.05, 0) is 12.5 Å². The van der Waals surface area contributed by atoms with Gasteiger partial charge in [0.15, 0.2) is 0 Å². The molecule has 0 spiro atoms. The van der Waals surface area contributed by atoms with E-state index in [9.17, 15) is 0 Å². The van der Waals surface area contributed by atoms with Crippen molar-refractivity contribution in [3.63, 3.8) is 0 Å². The third kappa shape index (κ3) is 3.87. The van der Waals surface area contributed by atoms with E-state index in [0.29, 0.717) is 23.1 Å². The summed E-state index contributed by atoms with van der Waals surface area (Å²) in [6.07, 6.45) is 3.67. The SMILES string of the molecule is CCCC(COC)Nc1ncc(N)cc1Cl. The summed E-state index contributed by atoms with van der Waals surface area (Å²) in [5.41, 5.74) is 6.14. The molecule has 0 amide bonds. The van der Waals surface area contributed by atoms with Crippen LogP contribution in [0, 0.1) is 0 Å². The lowest BCUT2D eigenvalue weighted by atomic mass is 10.2. The molecule has 5 heteroatoms. The van der Waals surface area contributed by atoms with E-state index in [-0.39, 0.29) is 6.04 Å². The summed E-state index contributed by atoms with van der Waals surface area (Å²) in [5, 5.41) is 3.79. The molecular weight excluding hydrogens is 226 g/mol. The molecule has 0 aliphatic heterocycles. The van der Waals surface area contributed by atoms with Crippen molar-refractivity contribution in [1.82, 2.24) is 4.98 Å². The molecule has 0 radical (unpaired) electrons. The molecule has 0 aliphatic carbocycles. The number of anilines is 2. The second-order valence-electron chi connectivity index (χ2n) is 3.68. The average Bonchev–Trinajstić information content (AvgIpc) is 2.23. The Morgan fingerprint density at radius 3 is 2.94 bits per heavy atom. The highest BCUT2D eigenvalue weighted by molar-refractivity contribution is 6.33. The first-order valence-corrected chi connectivity index (χ1v) is 5.71. The molecule has 4 nitrogen and oxygen atoms in total. The Balaban J connectivity index is 2.68. The first-order chi connectivity index (χ1) is 7.67. The topological polar surface area (TPSA) is 60.2 Å². The molecule has 0 saturated carbocycles. The maximum absolute atomic E-state index is 6.03. The highest BCUT2D eigenvalue weighted by atomic mass is 35.5. The Morgan fingerprint density at radius 2 is 2.38 bits per heavy atom. The number of hydrogen-bond donors (Lipinski definition) is 2. The number of hydrogen-bond acceptors (Lipinski definition) is 4. The lowest BCUT2D eigenvalue weighted by Crippen LogP contribution is -2.25. The van der Waals surface area contributed by atoms with Gasteiger partial charge in [-0.15, -0.1) is 0 Å². The van der Waals surface area contributed by atoms with Crippen LogP contribution in [-0.2, 0) is 4.74 Å². The molecule has 1 aromatic rings. The standard InChI is InChI=1S/C11H18ClN3O/c1-3-4-9(7-16-2)15-11-10(12)5-8(13)6-14-11/h5-6,9H,3-4,7,13H2,1-2H3,(H,14,15). The molecule has 3 N–H and O–H groups in total. The molecule has 16 heavy (non-hydrogen) atoms. The number of rotatable bonds is 6. The lowest BCUT2D eigenvalue weighted by Gasteiger charge is -2.18. The third-order valence-electron chi connectivity index (χ3n) is 2.21. The van der Waals surface area contributed by atoms with Crippen LogP contribution >= 0.6 is 11.6 Å². The van der Waals surface area contributed by atoms with Crippen LogP contribution in [0.1, 0.15) is 19.8 Å². The number of ether oxygens (including phenoxy) is 1. The summed E-state index contributed by atoms with van der Waals surface area (Å²) < 4.78 is 5.13. The Bertz CT molecular complexity index is 327. The van der Waals surface area contributed by atoms with E-state index in [1.54, 1.807) is 19.4 Å². The fourth-order valence-corrected chi connectivity index (χ4v) is 1.73. The molecule has 90 valence electrons. The van der Waals surface area contributed by atoms with E-state index < -0.39 is 0 Å². The third-order valence-corrected chi connectivity index (χ3v) is 2.50. The normalized spacial score (nSPS) is 12.4. The quantitative estimate of drug-likeness (QED) is 0.806. The molecule has 0 bridgehead atoms. The molecule has 0 saturated heterocycles. The molecule has 1 heterocycles. The summed E-state index contributed by atoms with van der Waals surface area (Å²) >= 11 is 6.03. The van der Waals surface area contributed by atoms with Crippen molar-refractivity contribution in [2.75, 3.05) is 24.8 Å². The van der Waals surface area contributed by atoms with Crippen LogP contribution in [0.4, 0.5) is 11.5 Å². The fourth-order valence-electron chi connectivity index (χ4n) is 1.50. The van der Waals surface area contributed by atoms with Gasteiger partial charge in [0, 0.05) is 7.11 Å². The molecule has 0 fully saturated rings. The molecular formula is C11H18ClN3O.